The summed E-state index contributed by atoms with van der Waals surface area (Å²) in [7, 11) is 0. The van der Waals surface area contributed by atoms with Gasteiger partial charge in [0.1, 0.15) is 0 Å². The van der Waals surface area contributed by atoms with Gasteiger partial charge in [0, 0.05) is 22.8 Å². The zero-order valence-corrected chi connectivity index (χ0v) is 11.1. The Morgan fingerprint density at radius 1 is 1.29 bits per heavy atom. The largest absolute Gasteiger partial charge is 0.399 e. The van der Waals surface area contributed by atoms with Crippen LogP contribution < -0.4 is 11.1 Å². The van der Waals surface area contributed by atoms with Crippen molar-refractivity contribution in [3.63, 3.8) is 0 Å². The number of benzene rings is 1. The van der Waals surface area contributed by atoms with Gasteiger partial charge in [-0.05, 0) is 54.1 Å². The molecule has 2 nitrogen and oxygen atoms in total. The van der Waals surface area contributed by atoms with Gasteiger partial charge < -0.3 is 11.1 Å². The van der Waals surface area contributed by atoms with Crippen LogP contribution in [0, 0.1) is 6.92 Å². The summed E-state index contributed by atoms with van der Waals surface area (Å²) in [4.78, 5) is 1.42. The molecule has 0 atom stereocenters. The van der Waals surface area contributed by atoms with Gasteiger partial charge in [0.2, 0.25) is 0 Å². The van der Waals surface area contributed by atoms with Gasteiger partial charge in [-0.3, -0.25) is 0 Å². The van der Waals surface area contributed by atoms with Gasteiger partial charge >= 0.3 is 0 Å². The number of nitrogen functional groups attached to an aromatic ring is 1. The number of hydrogen-bond acceptors (Lipinski definition) is 3. The molecule has 0 aliphatic carbocycles. The minimum absolute atomic E-state index is 0.848. The molecular weight excluding hydrogens is 228 g/mol. The number of nitrogens with two attached hydrogens (primary N) is 1. The first-order chi connectivity index (χ1) is 8.20. The van der Waals surface area contributed by atoms with Crippen LogP contribution in [0.2, 0.25) is 0 Å². The zero-order chi connectivity index (χ0) is 12.3. The van der Waals surface area contributed by atoms with Crippen molar-refractivity contribution in [1.82, 2.24) is 0 Å². The summed E-state index contributed by atoms with van der Waals surface area (Å²) < 4.78 is 0. The van der Waals surface area contributed by atoms with Crippen molar-refractivity contribution in [3.8, 4) is 0 Å². The molecule has 0 spiro atoms. The molecule has 0 bridgehead atoms. The Labute approximate surface area is 106 Å². The topological polar surface area (TPSA) is 38.0 Å². The van der Waals surface area contributed by atoms with E-state index < -0.39 is 0 Å². The van der Waals surface area contributed by atoms with E-state index in [0.717, 1.165) is 29.9 Å². The van der Waals surface area contributed by atoms with Gasteiger partial charge in [-0.25, -0.2) is 0 Å². The molecule has 0 amide bonds. The molecule has 2 rings (SSSR count). The van der Waals surface area contributed by atoms with Crippen molar-refractivity contribution < 1.29 is 0 Å². The fraction of sp³-hybridized carbons (Fsp3) is 0.286. The van der Waals surface area contributed by atoms with Crippen LogP contribution in [0.1, 0.15) is 22.9 Å². The second-order valence-electron chi connectivity index (χ2n) is 4.15. The third-order valence-corrected chi connectivity index (χ3v) is 3.90. The van der Waals surface area contributed by atoms with Crippen molar-refractivity contribution in [2.75, 3.05) is 11.1 Å². The summed E-state index contributed by atoms with van der Waals surface area (Å²) in [5, 5.41) is 5.60. The average molecular weight is 246 g/mol. The molecule has 2 aromatic rings. The molecule has 1 aromatic carbocycles. The van der Waals surface area contributed by atoms with Crippen molar-refractivity contribution in [1.29, 1.82) is 0 Å². The predicted octanol–water partition coefficient (Wildman–Crippen LogP) is 3.81. The lowest BCUT2D eigenvalue weighted by Crippen LogP contribution is -2.00. The van der Waals surface area contributed by atoms with Crippen molar-refractivity contribution in [3.05, 3.63) is 45.6 Å². The van der Waals surface area contributed by atoms with Crippen molar-refractivity contribution in [2.45, 2.75) is 26.8 Å². The Morgan fingerprint density at radius 2 is 2.12 bits per heavy atom. The number of nitrogens with one attached hydrogen (secondary N) is 1. The minimum Gasteiger partial charge on any atom is -0.399 e. The Kier molecular flexibility index (Phi) is 3.69. The summed E-state index contributed by atoms with van der Waals surface area (Å²) in [6.07, 6.45) is 1.10. The van der Waals surface area contributed by atoms with Crippen LogP contribution in [-0.4, -0.2) is 0 Å². The van der Waals surface area contributed by atoms with Crippen molar-refractivity contribution in [2.24, 2.45) is 0 Å². The highest BCUT2D eigenvalue weighted by molar-refractivity contribution is 7.10. The van der Waals surface area contributed by atoms with E-state index in [1.165, 1.54) is 10.4 Å². The van der Waals surface area contributed by atoms with Crippen molar-refractivity contribution >= 4 is 22.7 Å². The number of hydrogen-bond donors (Lipinski definition) is 2. The molecule has 0 fully saturated rings. The highest BCUT2D eigenvalue weighted by Gasteiger charge is 2.02. The molecule has 3 heteroatoms. The van der Waals surface area contributed by atoms with Gasteiger partial charge in [0.15, 0.2) is 0 Å². The molecule has 0 unspecified atom stereocenters. The highest BCUT2D eigenvalue weighted by atomic mass is 32.1. The van der Waals surface area contributed by atoms with E-state index in [4.69, 9.17) is 5.73 Å². The molecule has 0 saturated carbocycles. The third-order valence-electron chi connectivity index (χ3n) is 2.94. The van der Waals surface area contributed by atoms with Gasteiger partial charge in [-0.2, -0.15) is 0 Å². The lowest BCUT2D eigenvalue weighted by Gasteiger charge is -2.08. The van der Waals surface area contributed by atoms with Crippen LogP contribution >= 0.6 is 11.3 Å². The normalized spacial score (nSPS) is 10.5. The molecule has 90 valence electrons. The van der Waals surface area contributed by atoms with E-state index in [1.54, 1.807) is 0 Å². The first kappa shape index (κ1) is 12.0. The lowest BCUT2D eigenvalue weighted by molar-refractivity contribution is 1.08. The van der Waals surface area contributed by atoms with E-state index in [0.29, 0.717) is 0 Å². The maximum absolute atomic E-state index is 5.80. The van der Waals surface area contributed by atoms with E-state index >= 15 is 0 Å². The lowest BCUT2D eigenvalue weighted by atomic mass is 10.1. The van der Waals surface area contributed by atoms with E-state index in [2.05, 4.69) is 29.8 Å². The predicted molar refractivity (Wildman–Crippen MR) is 76.6 cm³/mol. The fourth-order valence-corrected chi connectivity index (χ4v) is 2.72. The maximum Gasteiger partial charge on any atom is 0.0496 e. The van der Waals surface area contributed by atoms with Gasteiger partial charge in [-0.1, -0.05) is 6.92 Å². The number of anilines is 2. The second kappa shape index (κ2) is 5.23. The van der Waals surface area contributed by atoms with E-state index in [-0.39, 0.29) is 0 Å². The molecular formula is C14H18N2S. The number of rotatable bonds is 4. The number of thiophene rings is 1. The fourth-order valence-electron chi connectivity index (χ4n) is 1.81. The summed E-state index contributed by atoms with van der Waals surface area (Å²) >= 11 is 1.81. The third kappa shape index (κ3) is 2.80. The van der Waals surface area contributed by atoms with Crippen LogP contribution in [0.4, 0.5) is 11.4 Å². The summed E-state index contributed by atoms with van der Waals surface area (Å²) in [6.45, 7) is 5.12. The Balaban J connectivity index is 2.05. The Bertz CT molecular complexity index is 503. The molecule has 17 heavy (non-hydrogen) atoms. The SMILES string of the molecule is CCc1ccsc1CNc1ccc(N)c(C)c1. The van der Waals surface area contributed by atoms with Gasteiger partial charge in [-0.15, -0.1) is 11.3 Å². The zero-order valence-electron chi connectivity index (χ0n) is 10.3. The summed E-state index contributed by atoms with van der Waals surface area (Å²) in [5.74, 6) is 0. The molecule has 0 aliphatic heterocycles. The molecule has 1 aromatic heterocycles. The van der Waals surface area contributed by atoms with Gasteiger partial charge in [0.25, 0.3) is 0 Å². The quantitative estimate of drug-likeness (QED) is 0.805. The van der Waals surface area contributed by atoms with E-state index in [9.17, 15) is 0 Å². The maximum atomic E-state index is 5.80. The smallest absolute Gasteiger partial charge is 0.0496 e. The van der Waals surface area contributed by atoms with Crippen LogP contribution in [-0.2, 0) is 13.0 Å². The standard InChI is InChI=1S/C14H18N2S/c1-3-11-6-7-17-14(11)9-16-12-4-5-13(15)10(2)8-12/h4-8,16H,3,9,15H2,1-2H3. The molecule has 0 radical (unpaired) electrons. The van der Waals surface area contributed by atoms with Crippen LogP contribution in [0.15, 0.2) is 29.6 Å². The number of aryl methyl sites for hydroxylation is 2. The van der Waals surface area contributed by atoms with Gasteiger partial charge in [0.05, 0.1) is 0 Å². The van der Waals surface area contributed by atoms with Crippen LogP contribution in [0.5, 0.6) is 0 Å². The molecule has 0 aliphatic rings. The minimum atomic E-state index is 0.848. The van der Waals surface area contributed by atoms with E-state index in [1.807, 2.05) is 30.4 Å². The second-order valence-corrected chi connectivity index (χ2v) is 5.15. The summed E-state index contributed by atoms with van der Waals surface area (Å²) in [5.41, 5.74) is 10.3. The first-order valence-corrected chi connectivity index (χ1v) is 6.74. The first-order valence-electron chi connectivity index (χ1n) is 5.86. The van der Waals surface area contributed by atoms with Crippen LogP contribution in [0.3, 0.4) is 0 Å². The molecule has 0 saturated heterocycles. The summed E-state index contributed by atoms with van der Waals surface area (Å²) in [6, 6.07) is 8.28. The molecule has 1 heterocycles. The average Bonchev–Trinajstić information content (AvgIpc) is 2.78. The Morgan fingerprint density at radius 3 is 2.82 bits per heavy atom. The molecule has 3 N–H and O–H groups in total. The highest BCUT2D eigenvalue weighted by Crippen LogP contribution is 2.21. The van der Waals surface area contributed by atoms with Crippen LogP contribution in [0.25, 0.3) is 0 Å². The Hall–Kier alpha value is -1.48. The monoisotopic (exact) mass is 246 g/mol.